The summed E-state index contributed by atoms with van der Waals surface area (Å²) in [5.74, 6) is 0.560. The molecule has 2 heterocycles. The van der Waals surface area contributed by atoms with E-state index in [1.54, 1.807) is 0 Å². The Morgan fingerprint density at radius 1 is 1.03 bits per heavy atom. The van der Waals surface area contributed by atoms with Crippen molar-refractivity contribution >= 4 is 11.6 Å². The zero-order chi connectivity index (χ0) is 25.0. The molecule has 5 heteroatoms. The fourth-order valence-electron chi connectivity index (χ4n) is 5.30. The Balaban J connectivity index is 1.34. The highest BCUT2D eigenvalue weighted by molar-refractivity contribution is 5.97. The smallest absolute Gasteiger partial charge is 0.230 e. The van der Waals surface area contributed by atoms with Crippen molar-refractivity contribution in [3.05, 3.63) is 84.2 Å². The molecule has 0 radical (unpaired) electrons. The lowest BCUT2D eigenvalue weighted by Crippen LogP contribution is -2.55. The maximum atomic E-state index is 13.8. The predicted molar refractivity (Wildman–Crippen MR) is 145 cm³/mol. The van der Waals surface area contributed by atoms with Crippen LogP contribution in [-0.2, 0) is 22.4 Å². The number of hydrogen-bond acceptors (Lipinski definition) is 4. The van der Waals surface area contributed by atoms with E-state index in [4.69, 9.17) is 10.5 Å². The van der Waals surface area contributed by atoms with Crippen molar-refractivity contribution in [2.24, 2.45) is 17.6 Å². The lowest BCUT2D eigenvalue weighted by Gasteiger charge is -2.38. The van der Waals surface area contributed by atoms with Crippen molar-refractivity contribution in [1.29, 1.82) is 0 Å². The van der Waals surface area contributed by atoms with Crippen molar-refractivity contribution in [3.8, 4) is 11.1 Å². The summed E-state index contributed by atoms with van der Waals surface area (Å²) in [4.78, 5) is 20.2. The third-order valence-electron chi connectivity index (χ3n) is 7.67. The Bertz CT molecular complexity index is 1140. The van der Waals surface area contributed by atoms with Crippen LogP contribution in [0.2, 0.25) is 0 Å². The van der Waals surface area contributed by atoms with Gasteiger partial charge in [0.05, 0.1) is 0 Å². The fraction of sp³-hybridized carbons (Fsp3) is 0.419. The van der Waals surface area contributed by atoms with Crippen molar-refractivity contribution in [3.63, 3.8) is 0 Å². The lowest BCUT2D eigenvalue weighted by molar-refractivity contribution is -0.120. The number of rotatable bonds is 9. The Morgan fingerprint density at radius 3 is 2.36 bits per heavy atom. The molecule has 2 atom stereocenters. The highest BCUT2D eigenvalue weighted by Gasteiger charge is 2.46. The summed E-state index contributed by atoms with van der Waals surface area (Å²) in [7, 11) is 0. The van der Waals surface area contributed by atoms with Crippen LogP contribution in [0.5, 0.6) is 0 Å². The Hall–Kier alpha value is -3.02. The second-order valence-electron chi connectivity index (χ2n) is 10.5. The van der Waals surface area contributed by atoms with Crippen molar-refractivity contribution in [2.75, 3.05) is 24.7 Å². The molecule has 2 unspecified atom stereocenters. The first-order valence-electron chi connectivity index (χ1n) is 13.3. The molecule has 5 rings (SSSR count). The molecule has 0 bridgehead atoms. The minimum absolute atomic E-state index is 0.0289. The maximum absolute atomic E-state index is 13.8. The monoisotopic (exact) mass is 483 g/mol. The Morgan fingerprint density at radius 2 is 1.72 bits per heavy atom. The molecule has 2 fully saturated rings. The number of carbonyl (C=O) groups excluding carboxylic acids is 1. The van der Waals surface area contributed by atoms with Crippen LogP contribution in [0.1, 0.15) is 43.9 Å². The zero-order valence-corrected chi connectivity index (χ0v) is 21.2. The van der Waals surface area contributed by atoms with Crippen LogP contribution in [-0.4, -0.2) is 36.2 Å². The molecule has 5 nitrogen and oxygen atoms in total. The van der Waals surface area contributed by atoms with Gasteiger partial charge in [-0.15, -0.1) is 0 Å². The minimum atomic E-state index is -0.424. The van der Waals surface area contributed by atoms with E-state index in [0.29, 0.717) is 25.7 Å². The molecule has 3 aromatic rings. The van der Waals surface area contributed by atoms with Gasteiger partial charge in [0.1, 0.15) is 0 Å². The molecule has 1 aliphatic heterocycles. The number of hydrogen-bond donors (Lipinski definition) is 1. The van der Waals surface area contributed by atoms with Crippen LogP contribution < -0.4 is 10.6 Å². The summed E-state index contributed by atoms with van der Waals surface area (Å²) in [6.45, 7) is 4.02. The SMILES string of the molecule is CCCc1ccc(-c2ccc(N(CC3(N)CCOCC3)C(=O)C3CC3Cc3ccccn3)cc2)cc1. The first kappa shape index (κ1) is 24.7. The standard InChI is InChI=1S/C31H37N3O2/c1-2-5-23-7-9-24(10-8-23)25-11-13-28(14-12-25)34(22-31(32)15-18-36-19-16-31)30(35)29-21-26(29)20-27-6-3-4-17-33-27/h3-4,6-14,17,26,29H,2,5,15-16,18-22,32H2,1H3. The van der Waals surface area contributed by atoms with Gasteiger partial charge in [-0.25, -0.2) is 0 Å². The fourth-order valence-corrected chi connectivity index (χ4v) is 5.30. The van der Waals surface area contributed by atoms with Gasteiger partial charge in [0.2, 0.25) is 5.91 Å². The third kappa shape index (κ3) is 5.85. The molecule has 1 amide bonds. The number of benzene rings is 2. The Kier molecular flexibility index (Phi) is 7.49. The van der Waals surface area contributed by atoms with E-state index in [2.05, 4.69) is 60.4 Å². The number of nitrogens with zero attached hydrogens (tertiary/aromatic N) is 2. The van der Waals surface area contributed by atoms with E-state index in [9.17, 15) is 4.79 Å². The van der Waals surface area contributed by atoms with E-state index in [0.717, 1.165) is 55.5 Å². The largest absolute Gasteiger partial charge is 0.381 e. The van der Waals surface area contributed by atoms with Crippen LogP contribution in [0.3, 0.4) is 0 Å². The first-order chi connectivity index (χ1) is 17.5. The van der Waals surface area contributed by atoms with Gasteiger partial charge >= 0.3 is 0 Å². The van der Waals surface area contributed by atoms with Gasteiger partial charge in [0.25, 0.3) is 0 Å². The maximum Gasteiger partial charge on any atom is 0.230 e. The number of nitrogens with two attached hydrogens (primary N) is 1. The van der Waals surface area contributed by atoms with Gasteiger partial charge in [-0.2, -0.15) is 0 Å². The number of aryl methyl sites for hydroxylation is 1. The summed E-state index contributed by atoms with van der Waals surface area (Å²) in [5.41, 5.74) is 12.1. The third-order valence-corrected chi connectivity index (χ3v) is 7.67. The van der Waals surface area contributed by atoms with Gasteiger partial charge in [-0.1, -0.05) is 55.8 Å². The summed E-state index contributed by atoms with van der Waals surface area (Å²) >= 11 is 0. The van der Waals surface area contributed by atoms with Gasteiger partial charge < -0.3 is 15.4 Å². The predicted octanol–water partition coefficient (Wildman–Crippen LogP) is 5.42. The number of carbonyl (C=O) groups is 1. The van der Waals surface area contributed by atoms with E-state index in [1.165, 1.54) is 11.1 Å². The van der Waals surface area contributed by atoms with Crippen LogP contribution in [0.15, 0.2) is 72.9 Å². The molecular formula is C31H37N3O2. The number of amides is 1. The average molecular weight is 484 g/mol. The molecule has 1 saturated carbocycles. The Labute approximate surface area is 214 Å². The number of aromatic nitrogens is 1. The molecule has 36 heavy (non-hydrogen) atoms. The van der Waals surface area contributed by atoms with Gasteiger partial charge in [-0.3, -0.25) is 9.78 Å². The lowest BCUT2D eigenvalue weighted by atomic mass is 9.90. The van der Waals surface area contributed by atoms with E-state index in [1.807, 2.05) is 29.3 Å². The molecular weight excluding hydrogens is 446 g/mol. The number of pyridine rings is 1. The highest BCUT2D eigenvalue weighted by atomic mass is 16.5. The first-order valence-corrected chi connectivity index (χ1v) is 13.3. The summed E-state index contributed by atoms with van der Waals surface area (Å²) in [6.07, 6.45) is 7.36. The average Bonchev–Trinajstić information content (AvgIpc) is 3.68. The summed E-state index contributed by atoms with van der Waals surface area (Å²) < 4.78 is 5.55. The van der Waals surface area contributed by atoms with Crippen molar-refractivity contribution in [2.45, 2.75) is 51.0 Å². The van der Waals surface area contributed by atoms with Crippen LogP contribution in [0.25, 0.3) is 11.1 Å². The second kappa shape index (κ2) is 10.9. The number of ether oxygens (including phenoxy) is 1. The van der Waals surface area contributed by atoms with E-state index < -0.39 is 5.54 Å². The van der Waals surface area contributed by atoms with Crippen LogP contribution in [0, 0.1) is 11.8 Å². The van der Waals surface area contributed by atoms with Crippen LogP contribution in [0.4, 0.5) is 5.69 Å². The highest BCUT2D eigenvalue weighted by Crippen LogP contribution is 2.43. The molecule has 188 valence electrons. The zero-order valence-electron chi connectivity index (χ0n) is 21.2. The van der Waals surface area contributed by atoms with Gasteiger partial charge in [0.15, 0.2) is 0 Å². The minimum Gasteiger partial charge on any atom is -0.381 e. The van der Waals surface area contributed by atoms with E-state index >= 15 is 0 Å². The number of anilines is 1. The van der Waals surface area contributed by atoms with Crippen molar-refractivity contribution in [1.82, 2.24) is 4.98 Å². The van der Waals surface area contributed by atoms with Gasteiger partial charge in [-0.05, 0) is 79.0 Å². The quantitative estimate of drug-likeness (QED) is 0.441. The molecule has 1 aromatic heterocycles. The molecule has 2 aliphatic rings. The molecule has 1 saturated heterocycles. The van der Waals surface area contributed by atoms with E-state index in [-0.39, 0.29) is 11.8 Å². The molecule has 1 aliphatic carbocycles. The molecule has 2 N–H and O–H groups in total. The van der Waals surface area contributed by atoms with Gasteiger partial charge in [0, 0.05) is 48.8 Å². The second-order valence-corrected chi connectivity index (χ2v) is 10.5. The molecule has 0 spiro atoms. The summed E-state index contributed by atoms with van der Waals surface area (Å²) in [5, 5.41) is 0. The normalized spacial score (nSPS) is 20.6. The summed E-state index contributed by atoms with van der Waals surface area (Å²) in [6, 6.07) is 23.2. The van der Waals surface area contributed by atoms with Crippen molar-refractivity contribution < 1.29 is 9.53 Å². The topological polar surface area (TPSA) is 68.4 Å². The molecule has 2 aromatic carbocycles. The van der Waals surface area contributed by atoms with Crippen LogP contribution >= 0.6 is 0 Å².